The highest BCUT2D eigenvalue weighted by atomic mass is 16.2. The van der Waals surface area contributed by atoms with Crippen molar-refractivity contribution < 1.29 is 9.59 Å². The van der Waals surface area contributed by atoms with Crippen LogP contribution >= 0.6 is 0 Å². The van der Waals surface area contributed by atoms with Crippen molar-refractivity contribution in [2.24, 2.45) is 5.92 Å². The Kier molecular flexibility index (Phi) is 6.55. The smallest absolute Gasteiger partial charge is 0.253 e. The zero-order valence-corrected chi connectivity index (χ0v) is 14.2. The fraction of sp³-hybridized carbons (Fsp3) is 0.300. The molecule has 4 heteroatoms. The topological polar surface area (TPSA) is 58.2 Å². The first-order chi connectivity index (χ1) is 11.6. The molecule has 0 atom stereocenters. The van der Waals surface area contributed by atoms with Crippen molar-refractivity contribution in [3.8, 4) is 0 Å². The number of carbonyl (C=O) groups excluding carboxylic acids is 2. The molecule has 2 aromatic rings. The molecular formula is C20H24N2O2. The Morgan fingerprint density at radius 2 is 1.62 bits per heavy atom. The predicted molar refractivity (Wildman–Crippen MR) is 97.0 cm³/mol. The van der Waals surface area contributed by atoms with Gasteiger partial charge in [-0.2, -0.15) is 0 Å². The molecule has 0 aliphatic carbocycles. The highest BCUT2D eigenvalue weighted by molar-refractivity contribution is 6.03. The van der Waals surface area contributed by atoms with E-state index in [1.807, 2.05) is 50.2 Å². The molecule has 0 aliphatic rings. The zero-order chi connectivity index (χ0) is 17.4. The highest BCUT2D eigenvalue weighted by Gasteiger charge is 2.13. The number of hydrogen-bond donors (Lipinski definition) is 2. The van der Waals surface area contributed by atoms with Crippen LogP contribution in [-0.4, -0.2) is 18.4 Å². The van der Waals surface area contributed by atoms with E-state index in [2.05, 4.69) is 10.6 Å². The van der Waals surface area contributed by atoms with Crippen molar-refractivity contribution in [1.29, 1.82) is 0 Å². The van der Waals surface area contributed by atoms with Gasteiger partial charge in [-0.3, -0.25) is 9.59 Å². The fourth-order valence-electron chi connectivity index (χ4n) is 2.42. The fourth-order valence-corrected chi connectivity index (χ4v) is 2.42. The molecule has 2 amide bonds. The number of benzene rings is 2. The number of hydrogen-bond acceptors (Lipinski definition) is 2. The number of rotatable bonds is 7. The van der Waals surface area contributed by atoms with E-state index in [-0.39, 0.29) is 17.7 Å². The van der Waals surface area contributed by atoms with Crippen LogP contribution in [0, 0.1) is 5.92 Å². The normalized spacial score (nSPS) is 10.5. The number of nitrogens with one attached hydrogen (secondary N) is 2. The van der Waals surface area contributed by atoms with E-state index in [9.17, 15) is 9.59 Å². The maximum absolute atomic E-state index is 12.4. The monoisotopic (exact) mass is 324 g/mol. The van der Waals surface area contributed by atoms with Crippen LogP contribution in [0.15, 0.2) is 54.6 Å². The average Bonchev–Trinajstić information content (AvgIpc) is 2.55. The molecule has 2 rings (SSSR count). The summed E-state index contributed by atoms with van der Waals surface area (Å²) in [6.45, 7) is 4.53. The number of carbonyl (C=O) groups is 2. The van der Waals surface area contributed by atoms with Crippen LogP contribution in [-0.2, 0) is 11.2 Å². The Bertz CT molecular complexity index is 681. The Morgan fingerprint density at radius 1 is 0.958 bits per heavy atom. The third-order valence-corrected chi connectivity index (χ3v) is 3.58. The van der Waals surface area contributed by atoms with Gasteiger partial charge in [0.2, 0.25) is 5.91 Å². The maximum Gasteiger partial charge on any atom is 0.253 e. The van der Waals surface area contributed by atoms with Gasteiger partial charge in [0.15, 0.2) is 0 Å². The van der Waals surface area contributed by atoms with Gasteiger partial charge < -0.3 is 10.6 Å². The predicted octanol–water partition coefficient (Wildman–Crippen LogP) is 3.64. The van der Waals surface area contributed by atoms with E-state index in [0.717, 1.165) is 6.42 Å². The second kappa shape index (κ2) is 8.87. The molecule has 0 saturated heterocycles. The van der Waals surface area contributed by atoms with E-state index in [1.165, 1.54) is 5.56 Å². The lowest BCUT2D eigenvalue weighted by molar-refractivity contribution is -0.116. The van der Waals surface area contributed by atoms with E-state index in [0.29, 0.717) is 24.2 Å². The first-order valence-electron chi connectivity index (χ1n) is 8.27. The lowest BCUT2D eigenvalue weighted by atomic mass is 10.1. The quantitative estimate of drug-likeness (QED) is 0.817. The van der Waals surface area contributed by atoms with Crippen molar-refractivity contribution in [1.82, 2.24) is 5.32 Å². The molecule has 0 spiro atoms. The third kappa shape index (κ3) is 5.54. The van der Waals surface area contributed by atoms with Crippen molar-refractivity contribution >= 4 is 17.5 Å². The van der Waals surface area contributed by atoms with Crippen LogP contribution in [0.1, 0.15) is 36.2 Å². The Labute approximate surface area is 143 Å². The summed E-state index contributed by atoms with van der Waals surface area (Å²) in [7, 11) is 0. The molecule has 0 fully saturated rings. The van der Waals surface area contributed by atoms with Gasteiger partial charge in [-0.15, -0.1) is 0 Å². The molecule has 0 bridgehead atoms. The van der Waals surface area contributed by atoms with Gasteiger partial charge in [-0.25, -0.2) is 0 Å². The van der Waals surface area contributed by atoms with Crippen molar-refractivity contribution in [3.05, 3.63) is 65.7 Å². The number of anilines is 1. The molecule has 4 nitrogen and oxygen atoms in total. The first-order valence-corrected chi connectivity index (χ1v) is 8.27. The van der Waals surface area contributed by atoms with Crippen LogP contribution in [0.5, 0.6) is 0 Å². The molecule has 0 saturated carbocycles. The molecule has 0 unspecified atom stereocenters. The summed E-state index contributed by atoms with van der Waals surface area (Å²) in [5.74, 6) is 0.0257. The second-order valence-electron chi connectivity index (χ2n) is 6.18. The SMILES string of the molecule is CC(C)CC(=O)Nc1ccccc1C(=O)NCCc1ccccc1. The largest absolute Gasteiger partial charge is 0.352 e. The summed E-state index contributed by atoms with van der Waals surface area (Å²) < 4.78 is 0. The minimum Gasteiger partial charge on any atom is -0.352 e. The van der Waals surface area contributed by atoms with Gasteiger partial charge in [0.1, 0.15) is 0 Å². The van der Waals surface area contributed by atoms with E-state index in [1.54, 1.807) is 18.2 Å². The molecular weight excluding hydrogens is 300 g/mol. The van der Waals surface area contributed by atoms with E-state index in [4.69, 9.17) is 0 Å². The molecule has 24 heavy (non-hydrogen) atoms. The van der Waals surface area contributed by atoms with Gasteiger partial charge in [0, 0.05) is 13.0 Å². The van der Waals surface area contributed by atoms with E-state index >= 15 is 0 Å². The molecule has 2 N–H and O–H groups in total. The van der Waals surface area contributed by atoms with Gasteiger partial charge in [0.25, 0.3) is 5.91 Å². The van der Waals surface area contributed by atoms with Crippen molar-refractivity contribution in [3.63, 3.8) is 0 Å². The molecule has 126 valence electrons. The standard InChI is InChI=1S/C20H24N2O2/c1-15(2)14-19(23)22-18-11-7-6-10-17(18)20(24)21-13-12-16-8-4-3-5-9-16/h3-11,15H,12-14H2,1-2H3,(H,21,24)(H,22,23). The summed E-state index contributed by atoms with van der Waals surface area (Å²) in [5.41, 5.74) is 2.22. The third-order valence-electron chi connectivity index (χ3n) is 3.58. The van der Waals surface area contributed by atoms with Crippen LogP contribution in [0.3, 0.4) is 0 Å². The molecule has 0 aromatic heterocycles. The lowest BCUT2D eigenvalue weighted by Crippen LogP contribution is -2.27. The van der Waals surface area contributed by atoms with Gasteiger partial charge >= 0.3 is 0 Å². The van der Waals surface area contributed by atoms with Gasteiger partial charge in [-0.1, -0.05) is 56.3 Å². The summed E-state index contributed by atoms with van der Waals surface area (Å²) in [6, 6.07) is 17.1. The first kappa shape index (κ1) is 17.7. The maximum atomic E-state index is 12.4. The second-order valence-corrected chi connectivity index (χ2v) is 6.18. The van der Waals surface area contributed by atoms with Crippen LogP contribution in [0.25, 0.3) is 0 Å². The lowest BCUT2D eigenvalue weighted by Gasteiger charge is -2.12. The van der Waals surface area contributed by atoms with Gasteiger partial charge in [-0.05, 0) is 30.0 Å². The van der Waals surface area contributed by atoms with Crippen LogP contribution in [0.4, 0.5) is 5.69 Å². The summed E-state index contributed by atoms with van der Waals surface area (Å²) in [4.78, 5) is 24.4. The molecule has 0 aliphatic heterocycles. The van der Waals surface area contributed by atoms with Crippen LogP contribution < -0.4 is 10.6 Å². The summed E-state index contributed by atoms with van der Waals surface area (Å²) >= 11 is 0. The minimum absolute atomic E-state index is 0.0745. The van der Waals surface area contributed by atoms with Crippen molar-refractivity contribution in [2.75, 3.05) is 11.9 Å². The minimum atomic E-state index is -0.175. The zero-order valence-electron chi connectivity index (χ0n) is 14.2. The molecule has 0 radical (unpaired) electrons. The Hall–Kier alpha value is -2.62. The van der Waals surface area contributed by atoms with Gasteiger partial charge in [0.05, 0.1) is 11.3 Å². The van der Waals surface area contributed by atoms with Crippen molar-refractivity contribution in [2.45, 2.75) is 26.7 Å². The molecule has 0 heterocycles. The summed E-state index contributed by atoms with van der Waals surface area (Å²) in [5, 5.41) is 5.74. The molecule has 2 aromatic carbocycles. The Morgan fingerprint density at radius 3 is 2.33 bits per heavy atom. The Balaban J connectivity index is 1.95. The van der Waals surface area contributed by atoms with E-state index < -0.39 is 0 Å². The van der Waals surface area contributed by atoms with Crippen LogP contribution in [0.2, 0.25) is 0 Å². The highest BCUT2D eigenvalue weighted by Crippen LogP contribution is 2.16. The summed E-state index contributed by atoms with van der Waals surface area (Å²) in [6.07, 6.45) is 1.21. The number of para-hydroxylation sites is 1. The number of amides is 2. The average molecular weight is 324 g/mol.